The number of hydrogen-bond acceptors (Lipinski definition) is 7. The highest BCUT2D eigenvalue weighted by Gasteiger charge is 2.13. The van der Waals surface area contributed by atoms with Crippen molar-refractivity contribution in [3.05, 3.63) is 77.4 Å². The topological polar surface area (TPSA) is 128 Å². The molecule has 34 heavy (non-hydrogen) atoms. The summed E-state index contributed by atoms with van der Waals surface area (Å²) in [7, 11) is -3.55. The van der Waals surface area contributed by atoms with Gasteiger partial charge < -0.3 is 25.4 Å². The van der Waals surface area contributed by atoms with Crippen molar-refractivity contribution in [2.24, 2.45) is 0 Å². The van der Waals surface area contributed by atoms with Crippen LogP contribution in [-0.4, -0.2) is 49.7 Å². The van der Waals surface area contributed by atoms with Crippen molar-refractivity contribution >= 4 is 15.7 Å². The average Bonchev–Trinajstić information content (AvgIpc) is 2.80. The summed E-state index contributed by atoms with van der Waals surface area (Å²) >= 11 is 0. The van der Waals surface area contributed by atoms with Crippen LogP contribution in [0.15, 0.2) is 60.7 Å². The van der Waals surface area contributed by atoms with Gasteiger partial charge in [-0.25, -0.2) is 8.42 Å². The average molecular weight is 487 g/mol. The van der Waals surface area contributed by atoms with Gasteiger partial charge in [-0.3, -0.25) is 4.72 Å². The Morgan fingerprint density at radius 2 is 1.71 bits per heavy atom. The Balaban J connectivity index is 1.48. The van der Waals surface area contributed by atoms with E-state index >= 15 is 0 Å². The Hall–Kier alpha value is -3.11. The van der Waals surface area contributed by atoms with Crippen LogP contribution in [0.4, 0.5) is 5.69 Å². The summed E-state index contributed by atoms with van der Waals surface area (Å²) in [6, 6.07) is 18.0. The maximum absolute atomic E-state index is 11.4. The van der Waals surface area contributed by atoms with Gasteiger partial charge in [-0.2, -0.15) is 0 Å². The number of hydrogen-bond donors (Lipinski definition) is 5. The fourth-order valence-corrected chi connectivity index (χ4v) is 3.99. The van der Waals surface area contributed by atoms with Crippen molar-refractivity contribution in [2.75, 3.05) is 30.7 Å². The lowest BCUT2D eigenvalue weighted by Crippen LogP contribution is -2.26. The number of ether oxygens (including phenoxy) is 1. The molecule has 1 atom stereocenters. The third-order valence-corrected chi connectivity index (χ3v) is 5.81. The summed E-state index contributed by atoms with van der Waals surface area (Å²) in [5.41, 5.74) is 4.48. The Kier molecular flexibility index (Phi) is 8.51. The second kappa shape index (κ2) is 11.3. The Morgan fingerprint density at radius 3 is 2.35 bits per heavy atom. The van der Waals surface area contributed by atoms with Crippen LogP contribution in [0.1, 0.15) is 22.8 Å². The molecular formula is C25H30N2O6S. The molecule has 0 saturated heterocycles. The van der Waals surface area contributed by atoms with E-state index < -0.39 is 16.1 Å². The predicted molar refractivity (Wildman–Crippen MR) is 132 cm³/mol. The van der Waals surface area contributed by atoms with Crippen molar-refractivity contribution in [1.82, 2.24) is 5.32 Å². The molecule has 0 bridgehead atoms. The van der Waals surface area contributed by atoms with E-state index in [1.165, 1.54) is 18.2 Å². The number of phenols is 1. The van der Waals surface area contributed by atoms with Gasteiger partial charge in [-0.05, 0) is 59.0 Å². The van der Waals surface area contributed by atoms with Crippen molar-refractivity contribution < 1.29 is 28.5 Å². The second-order valence-corrected chi connectivity index (χ2v) is 9.80. The number of phenolic OH excluding ortho intramolecular Hbond substituents is 1. The highest BCUT2D eigenvalue weighted by molar-refractivity contribution is 7.92. The quantitative estimate of drug-likeness (QED) is 0.208. The Labute approximate surface area is 199 Å². The highest BCUT2D eigenvalue weighted by Crippen LogP contribution is 2.28. The molecule has 8 nitrogen and oxygen atoms in total. The number of aromatic hydroxyl groups is 1. The molecule has 3 aromatic carbocycles. The minimum absolute atomic E-state index is 0.0191. The smallest absolute Gasteiger partial charge is 0.229 e. The molecule has 0 fully saturated rings. The number of sulfonamides is 1. The molecule has 3 aromatic rings. The van der Waals surface area contributed by atoms with Crippen LogP contribution in [0.5, 0.6) is 11.5 Å². The van der Waals surface area contributed by atoms with E-state index in [0.717, 1.165) is 34.3 Å². The maximum atomic E-state index is 11.4. The molecule has 182 valence electrons. The molecule has 0 saturated carbocycles. The summed E-state index contributed by atoms with van der Waals surface area (Å²) in [6.45, 7) is 3.12. The van der Waals surface area contributed by atoms with Crippen LogP contribution in [0.2, 0.25) is 0 Å². The number of nitrogens with one attached hydrogen (secondary N) is 2. The minimum atomic E-state index is -3.55. The van der Waals surface area contributed by atoms with Crippen LogP contribution in [0.25, 0.3) is 11.1 Å². The summed E-state index contributed by atoms with van der Waals surface area (Å²) in [6.07, 6.45) is 0.0979. The fraction of sp³-hybridized carbons (Fsp3) is 0.280. The van der Waals surface area contributed by atoms with Crippen LogP contribution in [0, 0.1) is 6.92 Å². The first-order chi connectivity index (χ1) is 16.2. The molecule has 9 heteroatoms. The van der Waals surface area contributed by atoms with Gasteiger partial charge in [0, 0.05) is 13.1 Å². The van der Waals surface area contributed by atoms with E-state index in [-0.39, 0.29) is 24.6 Å². The first kappa shape index (κ1) is 25.5. The van der Waals surface area contributed by atoms with E-state index in [0.29, 0.717) is 18.7 Å². The van der Waals surface area contributed by atoms with E-state index in [4.69, 9.17) is 4.74 Å². The number of anilines is 1. The molecule has 0 heterocycles. The van der Waals surface area contributed by atoms with E-state index in [1.54, 1.807) is 0 Å². The first-order valence-electron chi connectivity index (χ1n) is 10.8. The van der Waals surface area contributed by atoms with E-state index in [1.807, 2.05) is 49.4 Å². The molecule has 3 rings (SSSR count). The lowest BCUT2D eigenvalue weighted by Gasteiger charge is -2.15. The Morgan fingerprint density at radius 1 is 1.00 bits per heavy atom. The molecule has 0 aliphatic heterocycles. The molecule has 0 aliphatic carbocycles. The minimum Gasteiger partial charge on any atom is -0.506 e. The maximum Gasteiger partial charge on any atom is 0.229 e. The van der Waals surface area contributed by atoms with Crippen LogP contribution in [0.3, 0.4) is 0 Å². The molecule has 0 aliphatic rings. The number of aliphatic hydroxyl groups excluding tert-OH is 2. The summed E-state index contributed by atoms with van der Waals surface area (Å²) in [5, 5.41) is 32.5. The van der Waals surface area contributed by atoms with E-state index in [2.05, 4.69) is 10.0 Å². The largest absolute Gasteiger partial charge is 0.506 e. The highest BCUT2D eigenvalue weighted by atomic mass is 32.2. The van der Waals surface area contributed by atoms with Crippen LogP contribution >= 0.6 is 0 Å². The molecule has 0 unspecified atom stereocenters. The summed E-state index contributed by atoms with van der Waals surface area (Å²) < 4.78 is 30.9. The van der Waals surface area contributed by atoms with Crippen LogP contribution in [-0.2, 0) is 16.6 Å². The summed E-state index contributed by atoms with van der Waals surface area (Å²) in [4.78, 5) is 0. The van der Waals surface area contributed by atoms with E-state index in [9.17, 15) is 23.7 Å². The molecule has 5 N–H and O–H groups in total. The van der Waals surface area contributed by atoms with Gasteiger partial charge in [-0.15, -0.1) is 0 Å². The van der Waals surface area contributed by atoms with Gasteiger partial charge in [0.05, 0.1) is 24.7 Å². The molecule has 0 spiro atoms. The SMILES string of the molecule is Cc1cc(-c2ccc(CO)cc2)ccc1OCCNC[C@H](O)c1ccc(O)c(NS(C)(=O)=O)c1. The zero-order valence-electron chi connectivity index (χ0n) is 19.2. The lowest BCUT2D eigenvalue weighted by molar-refractivity contribution is 0.172. The van der Waals surface area contributed by atoms with Crippen molar-refractivity contribution in [3.8, 4) is 22.6 Å². The zero-order chi connectivity index (χ0) is 24.7. The van der Waals surface area contributed by atoms with Gasteiger partial charge in [0.15, 0.2) is 0 Å². The molecule has 0 aromatic heterocycles. The lowest BCUT2D eigenvalue weighted by atomic mass is 10.0. The predicted octanol–water partition coefficient (Wildman–Crippen LogP) is 2.93. The van der Waals surface area contributed by atoms with Crippen molar-refractivity contribution in [3.63, 3.8) is 0 Å². The zero-order valence-corrected chi connectivity index (χ0v) is 20.0. The van der Waals surface area contributed by atoms with Gasteiger partial charge >= 0.3 is 0 Å². The number of rotatable bonds is 11. The third kappa shape index (κ3) is 7.19. The van der Waals surface area contributed by atoms with Crippen molar-refractivity contribution in [1.29, 1.82) is 0 Å². The van der Waals surface area contributed by atoms with Gasteiger partial charge in [0.25, 0.3) is 0 Å². The van der Waals surface area contributed by atoms with Gasteiger partial charge in [0.2, 0.25) is 10.0 Å². The second-order valence-electron chi connectivity index (χ2n) is 8.05. The number of aliphatic hydroxyl groups is 2. The third-order valence-electron chi connectivity index (χ3n) is 5.22. The number of benzene rings is 3. The standard InChI is InChI=1S/C25H30N2O6S/c1-17-13-20(19-5-3-18(16-28)4-6-19)8-10-25(17)33-12-11-26-15-24(30)21-7-9-23(29)22(14-21)27-34(2,31)32/h3-10,13-14,24,26-30H,11-12,15-16H2,1-2H3/t24-/m0/s1. The first-order valence-corrected chi connectivity index (χ1v) is 12.7. The molecular weight excluding hydrogens is 456 g/mol. The fourth-order valence-electron chi connectivity index (χ4n) is 3.43. The molecule has 0 radical (unpaired) electrons. The van der Waals surface area contributed by atoms with Crippen molar-refractivity contribution in [2.45, 2.75) is 19.6 Å². The summed E-state index contributed by atoms with van der Waals surface area (Å²) in [5.74, 6) is 0.555. The molecule has 0 amide bonds. The van der Waals surface area contributed by atoms with Gasteiger partial charge in [-0.1, -0.05) is 36.4 Å². The Bertz CT molecular complexity index is 1210. The van der Waals surface area contributed by atoms with Gasteiger partial charge in [0.1, 0.15) is 18.1 Å². The monoisotopic (exact) mass is 486 g/mol. The van der Waals surface area contributed by atoms with Crippen LogP contribution < -0.4 is 14.8 Å². The normalized spacial score (nSPS) is 12.4. The number of aryl methyl sites for hydroxylation is 1.